The number of sulfone groups is 1. The number of hydrogen-bond acceptors (Lipinski definition) is 10. The van der Waals surface area contributed by atoms with E-state index >= 15 is 0 Å². The van der Waals surface area contributed by atoms with E-state index in [1.165, 1.54) is 23.5 Å². The number of carbonyl (C=O) groups excluding carboxylic acids is 2. The van der Waals surface area contributed by atoms with E-state index in [1.807, 2.05) is 0 Å². The molecule has 1 aromatic heterocycles. The molecule has 6 rings (SSSR count). The summed E-state index contributed by atoms with van der Waals surface area (Å²) in [5.41, 5.74) is 0.490. The fourth-order valence-corrected chi connectivity index (χ4v) is 7.54. The van der Waals surface area contributed by atoms with Crippen LogP contribution in [-0.2, 0) is 35.5 Å². The lowest BCUT2D eigenvalue weighted by Crippen LogP contribution is -2.44. The van der Waals surface area contributed by atoms with Crippen LogP contribution in [-0.4, -0.2) is 79.5 Å². The predicted octanol–water partition coefficient (Wildman–Crippen LogP) is 2.72. The summed E-state index contributed by atoms with van der Waals surface area (Å²) in [4.78, 5) is 39.0. The van der Waals surface area contributed by atoms with Crippen LogP contribution in [0.1, 0.15) is 55.4 Å². The van der Waals surface area contributed by atoms with Crippen molar-refractivity contribution < 1.29 is 27.6 Å². The molecule has 0 unspecified atom stereocenters. The van der Waals surface area contributed by atoms with Gasteiger partial charge in [-0.3, -0.25) is 19.8 Å². The van der Waals surface area contributed by atoms with Crippen LogP contribution in [0.4, 0.5) is 5.13 Å². The quantitative estimate of drug-likeness (QED) is 0.296. The number of hydrogen-bond donors (Lipinski definition) is 2. The number of ether oxygens (including phenoxy) is 1. The molecule has 220 valence electrons. The Bertz CT molecular complexity index is 1390. The fourth-order valence-electron chi connectivity index (χ4n) is 5.04. The summed E-state index contributed by atoms with van der Waals surface area (Å²) in [5.74, 6) is -0.0548. The van der Waals surface area contributed by atoms with Crippen LogP contribution in [0, 0.1) is 5.92 Å². The molecule has 4 aliphatic rings. The molecule has 13 heteroatoms. The molecule has 11 nitrogen and oxygen atoms in total. The topological polar surface area (TPSA) is 139 Å². The number of thiazole rings is 1. The van der Waals surface area contributed by atoms with Crippen molar-refractivity contribution in [3.63, 3.8) is 0 Å². The predicted molar refractivity (Wildman–Crippen MR) is 153 cm³/mol. The monoisotopic (exact) mass is 601 g/mol. The van der Waals surface area contributed by atoms with E-state index in [0.29, 0.717) is 43.2 Å². The van der Waals surface area contributed by atoms with Gasteiger partial charge >= 0.3 is 0 Å². The third kappa shape index (κ3) is 7.14. The van der Waals surface area contributed by atoms with Crippen molar-refractivity contribution in [3.05, 3.63) is 40.9 Å². The highest BCUT2D eigenvalue weighted by Gasteiger charge is 2.37. The van der Waals surface area contributed by atoms with Gasteiger partial charge in [0.15, 0.2) is 26.8 Å². The average Bonchev–Trinajstić information content (AvgIpc) is 3.90. The average molecular weight is 602 g/mol. The van der Waals surface area contributed by atoms with Crippen molar-refractivity contribution in [1.29, 1.82) is 0 Å². The Hall–Kier alpha value is -2.87. The van der Waals surface area contributed by atoms with Gasteiger partial charge in [-0.2, -0.15) is 0 Å². The second-order valence-electron chi connectivity index (χ2n) is 11.2. The summed E-state index contributed by atoms with van der Waals surface area (Å²) in [6, 6.07) is 6.46. The minimum atomic E-state index is -3.34. The highest BCUT2D eigenvalue weighted by Crippen LogP contribution is 2.33. The van der Waals surface area contributed by atoms with E-state index in [-0.39, 0.29) is 39.8 Å². The number of likely N-dealkylation sites (tertiary alicyclic amines) is 1. The molecule has 2 aromatic rings. The number of oxime groups is 1. The third-order valence-electron chi connectivity index (χ3n) is 7.85. The second kappa shape index (κ2) is 12.2. The molecular weight excluding hydrogens is 566 g/mol. The number of rotatable bonds is 11. The number of nitrogens with one attached hydrogen (secondary N) is 2. The van der Waals surface area contributed by atoms with Gasteiger partial charge in [0.2, 0.25) is 5.91 Å². The van der Waals surface area contributed by atoms with E-state index in [4.69, 9.17) is 9.57 Å². The van der Waals surface area contributed by atoms with Crippen LogP contribution in [0.15, 0.2) is 40.5 Å². The zero-order valence-electron chi connectivity index (χ0n) is 22.8. The van der Waals surface area contributed by atoms with Crippen LogP contribution >= 0.6 is 11.3 Å². The standard InChI is InChI=1S/C28H35N5O6S2/c34-26(19-1-2-19)30-20-9-12-33(13-10-20)16-22-15-29-28(40-22)31-27(35)25(32-39-21-11-14-38-17-21)18-3-5-23(6-4-18)41(36,37)24-7-8-24/h3-6,15,19-21,24H,1-2,7-14,16-17H2,(H,30,34)(H,29,31,35)/b32-25+/t21-/m1/s1. The fraction of sp³-hybridized carbons (Fsp3) is 0.571. The number of aromatic nitrogens is 1. The van der Waals surface area contributed by atoms with E-state index in [9.17, 15) is 18.0 Å². The maximum Gasteiger partial charge on any atom is 0.280 e. The Labute approximate surface area is 243 Å². The van der Waals surface area contributed by atoms with Gasteiger partial charge in [0.1, 0.15) is 0 Å². The van der Waals surface area contributed by atoms with Crippen molar-refractivity contribution in [2.24, 2.45) is 11.1 Å². The Kier molecular flexibility index (Phi) is 8.38. The van der Waals surface area contributed by atoms with Crippen LogP contribution in [0.2, 0.25) is 0 Å². The molecule has 2 aliphatic carbocycles. The molecule has 2 N–H and O–H groups in total. The highest BCUT2D eigenvalue weighted by atomic mass is 32.2. The minimum absolute atomic E-state index is 0.0411. The highest BCUT2D eigenvalue weighted by molar-refractivity contribution is 7.92. The first-order valence-electron chi connectivity index (χ1n) is 14.3. The minimum Gasteiger partial charge on any atom is -0.389 e. The molecule has 0 radical (unpaired) electrons. The zero-order chi connectivity index (χ0) is 28.4. The van der Waals surface area contributed by atoms with Gasteiger partial charge < -0.3 is 14.9 Å². The number of anilines is 1. The van der Waals surface area contributed by atoms with E-state index < -0.39 is 15.7 Å². The lowest BCUT2D eigenvalue weighted by atomic mass is 10.0. The Morgan fingerprint density at radius 2 is 1.83 bits per heavy atom. The van der Waals surface area contributed by atoms with E-state index in [2.05, 4.69) is 25.7 Å². The van der Waals surface area contributed by atoms with Gasteiger partial charge in [-0.15, -0.1) is 11.3 Å². The molecular formula is C28H35N5O6S2. The summed E-state index contributed by atoms with van der Waals surface area (Å²) in [6.45, 7) is 3.47. The molecule has 2 amide bonds. The number of amides is 2. The summed E-state index contributed by atoms with van der Waals surface area (Å²) in [5, 5.41) is 10.3. The zero-order valence-corrected chi connectivity index (χ0v) is 24.4. The van der Waals surface area contributed by atoms with E-state index in [1.54, 1.807) is 18.3 Å². The Morgan fingerprint density at radius 3 is 2.49 bits per heavy atom. The molecule has 3 heterocycles. The van der Waals surface area contributed by atoms with Gasteiger partial charge in [0.05, 0.1) is 23.4 Å². The lowest BCUT2D eigenvalue weighted by Gasteiger charge is -2.32. The molecule has 2 saturated heterocycles. The van der Waals surface area contributed by atoms with Gasteiger partial charge in [0.25, 0.3) is 5.91 Å². The summed E-state index contributed by atoms with van der Waals surface area (Å²) in [6.07, 6.45) is 7.44. The van der Waals surface area contributed by atoms with Crippen LogP contribution in [0.25, 0.3) is 0 Å². The first-order chi connectivity index (χ1) is 19.8. The largest absolute Gasteiger partial charge is 0.389 e. The maximum atomic E-state index is 13.3. The molecule has 41 heavy (non-hydrogen) atoms. The SMILES string of the molecule is O=C(Nc1ncc(CN2CCC(NC(=O)C3CC3)CC2)s1)/C(=N/O[C@@H]1CCOC1)c1ccc(S(=O)(=O)C2CC2)cc1. The number of benzene rings is 1. The van der Waals surface area contributed by atoms with Crippen molar-refractivity contribution in [2.75, 3.05) is 31.6 Å². The van der Waals surface area contributed by atoms with Gasteiger partial charge in [-0.05, 0) is 50.7 Å². The number of piperidine rings is 1. The third-order valence-corrected chi connectivity index (χ3v) is 11.0. The number of carbonyl (C=O) groups is 2. The van der Waals surface area contributed by atoms with E-state index in [0.717, 1.165) is 50.2 Å². The first kappa shape index (κ1) is 28.3. The van der Waals surface area contributed by atoms with Crippen molar-refractivity contribution in [3.8, 4) is 0 Å². The normalized spacial score (nSPS) is 22.4. The van der Waals surface area contributed by atoms with Crippen LogP contribution < -0.4 is 10.6 Å². The first-order valence-corrected chi connectivity index (χ1v) is 16.7. The smallest absolute Gasteiger partial charge is 0.280 e. The molecule has 1 atom stereocenters. The van der Waals surface area contributed by atoms with Crippen molar-refractivity contribution >= 4 is 43.8 Å². The molecule has 1 aromatic carbocycles. The molecule has 4 fully saturated rings. The van der Waals surface area contributed by atoms with Gasteiger partial charge in [0, 0.05) is 54.7 Å². The molecule has 0 bridgehead atoms. The van der Waals surface area contributed by atoms with Crippen LogP contribution in [0.5, 0.6) is 0 Å². The van der Waals surface area contributed by atoms with Gasteiger partial charge in [-0.1, -0.05) is 17.3 Å². The summed E-state index contributed by atoms with van der Waals surface area (Å²) >= 11 is 1.40. The second-order valence-corrected chi connectivity index (χ2v) is 14.6. The van der Waals surface area contributed by atoms with Crippen molar-refractivity contribution in [1.82, 2.24) is 15.2 Å². The van der Waals surface area contributed by atoms with Crippen LogP contribution in [0.3, 0.4) is 0 Å². The maximum absolute atomic E-state index is 13.3. The molecule has 2 saturated carbocycles. The molecule has 2 aliphatic heterocycles. The molecule has 0 spiro atoms. The summed E-state index contributed by atoms with van der Waals surface area (Å²) in [7, 11) is -3.34. The summed E-state index contributed by atoms with van der Waals surface area (Å²) < 4.78 is 30.6. The number of nitrogens with zero attached hydrogens (tertiary/aromatic N) is 3. The Morgan fingerprint density at radius 1 is 1.07 bits per heavy atom. The van der Waals surface area contributed by atoms with Gasteiger partial charge in [-0.25, -0.2) is 13.4 Å². The van der Waals surface area contributed by atoms with Crippen molar-refractivity contribution in [2.45, 2.75) is 73.8 Å². The lowest BCUT2D eigenvalue weighted by molar-refractivity contribution is -0.123. The Balaban J connectivity index is 1.08.